The highest BCUT2D eigenvalue weighted by Crippen LogP contribution is 2.34. The molecule has 0 radical (unpaired) electrons. The van der Waals surface area contributed by atoms with Crippen LogP contribution in [0.25, 0.3) is 0 Å². The van der Waals surface area contributed by atoms with Gasteiger partial charge in [-0.1, -0.05) is 6.07 Å². The van der Waals surface area contributed by atoms with E-state index in [1.807, 2.05) is 6.92 Å². The van der Waals surface area contributed by atoms with Crippen molar-refractivity contribution in [1.29, 1.82) is 0 Å². The van der Waals surface area contributed by atoms with Crippen LogP contribution in [0.3, 0.4) is 0 Å². The lowest BCUT2D eigenvalue weighted by molar-refractivity contribution is -0.384. The number of nitrogens with one attached hydrogen (secondary N) is 1. The zero-order valence-electron chi connectivity index (χ0n) is 12.7. The molecule has 1 heterocycles. The Labute approximate surface area is 125 Å². The first-order chi connectivity index (χ1) is 10.1. The summed E-state index contributed by atoms with van der Waals surface area (Å²) in [6, 6.07) is 5.51. The minimum Gasteiger partial charge on any atom is -0.487 e. The summed E-state index contributed by atoms with van der Waals surface area (Å²) in [6.07, 6.45) is 2.48. The third-order valence-electron chi connectivity index (χ3n) is 3.83. The highest BCUT2D eigenvalue weighted by molar-refractivity contribution is 5.68. The summed E-state index contributed by atoms with van der Waals surface area (Å²) >= 11 is 0. The monoisotopic (exact) mass is 293 g/mol. The Morgan fingerprint density at radius 1 is 1.43 bits per heavy atom. The van der Waals surface area contributed by atoms with Crippen LogP contribution in [-0.2, 0) is 0 Å². The number of nitro benzene ring substituents is 1. The van der Waals surface area contributed by atoms with E-state index in [1.54, 1.807) is 18.2 Å². The molecule has 1 aromatic rings. The highest BCUT2D eigenvalue weighted by atomic mass is 16.6. The molecule has 21 heavy (non-hydrogen) atoms. The second-order valence-corrected chi connectivity index (χ2v) is 5.32. The Morgan fingerprint density at radius 2 is 2.14 bits per heavy atom. The number of rotatable bonds is 7. The van der Waals surface area contributed by atoms with Crippen LogP contribution in [0, 0.1) is 10.1 Å². The summed E-state index contributed by atoms with van der Waals surface area (Å²) in [6.45, 7) is 7.30. The van der Waals surface area contributed by atoms with Crippen LogP contribution in [0.2, 0.25) is 0 Å². The number of anilines is 1. The van der Waals surface area contributed by atoms with Gasteiger partial charge in [-0.3, -0.25) is 15.0 Å². The number of para-hydroxylation sites is 1. The van der Waals surface area contributed by atoms with Gasteiger partial charge in [0.2, 0.25) is 0 Å². The summed E-state index contributed by atoms with van der Waals surface area (Å²) in [5, 5.41) is 14.5. The highest BCUT2D eigenvalue weighted by Gasteiger charge is 2.22. The zero-order valence-corrected chi connectivity index (χ0v) is 12.7. The number of nitrogens with zero attached hydrogens (tertiary/aromatic N) is 2. The Hall–Kier alpha value is -1.82. The van der Waals surface area contributed by atoms with Gasteiger partial charge in [0, 0.05) is 12.6 Å². The number of ether oxygens (including phenoxy) is 1. The molecule has 0 spiro atoms. The predicted octanol–water partition coefficient (Wildman–Crippen LogP) is 2.89. The van der Waals surface area contributed by atoms with Crippen molar-refractivity contribution in [3.63, 3.8) is 0 Å². The van der Waals surface area contributed by atoms with E-state index in [-0.39, 0.29) is 10.6 Å². The van der Waals surface area contributed by atoms with Crippen LogP contribution < -0.4 is 10.1 Å². The van der Waals surface area contributed by atoms with Crippen LogP contribution in [0.15, 0.2) is 18.2 Å². The number of nitro groups is 1. The van der Waals surface area contributed by atoms with Gasteiger partial charge in [-0.25, -0.2) is 0 Å². The summed E-state index contributed by atoms with van der Waals surface area (Å²) in [5.74, 6) is 0.321. The minimum atomic E-state index is -0.381. The first kappa shape index (κ1) is 15.6. The van der Waals surface area contributed by atoms with Gasteiger partial charge in [0.15, 0.2) is 5.75 Å². The molecule has 0 bridgehead atoms. The Kier molecular flexibility index (Phi) is 5.38. The molecule has 2 rings (SSSR count). The van der Waals surface area contributed by atoms with Crippen molar-refractivity contribution >= 4 is 11.4 Å². The van der Waals surface area contributed by atoms with E-state index in [0.29, 0.717) is 30.6 Å². The minimum absolute atomic E-state index is 0.0213. The second kappa shape index (κ2) is 7.26. The van der Waals surface area contributed by atoms with Gasteiger partial charge in [-0.15, -0.1) is 0 Å². The van der Waals surface area contributed by atoms with E-state index in [9.17, 15) is 10.1 Å². The number of benzene rings is 1. The fourth-order valence-electron chi connectivity index (χ4n) is 2.69. The average molecular weight is 293 g/mol. The van der Waals surface area contributed by atoms with E-state index >= 15 is 0 Å². The molecular formula is C15H23N3O3. The maximum Gasteiger partial charge on any atom is 0.333 e. The maximum absolute atomic E-state index is 11.3. The van der Waals surface area contributed by atoms with Crippen molar-refractivity contribution < 1.29 is 9.66 Å². The third-order valence-corrected chi connectivity index (χ3v) is 3.83. The van der Waals surface area contributed by atoms with E-state index in [1.165, 1.54) is 12.8 Å². The first-order valence-corrected chi connectivity index (χ1v) is 7.51. The number of hydrogen-bond acceptors (Lipinski definition) is 5. The Morgan fingerprint density at radius 3 is 2.76 bits per heavy atom. The molecule has 6 heteroatoms. The van der Waals surface area contributed by atoms with Gasteiger partial charge >= 0.3 is 5.69 Å². The van der Waals surface area contributed by atoms with E-state index in [0.717, 1.165) is 13.1 Å². The fourth-order valence-corrected chi connectivity index (χ4v) is 2.69. The molecule has 6 nitrogen and oxygen atoms in total. The third kappa shape index (κ3) is 3.85. The van der Waals surface area contributed by atoms with Crippen molar-refractivity contribution in [3.8, 4) is 5.75 Å². The normalized spacial score (nSPS) is 16.7. The van der Waals surface area contributed by atoms with Gasteiger partial charge < -0.3 is 10.1 Å². The molecule has 1 aromatic carbocycles. The van der Waals surface area contributed by atoms with Crippen LogP contribution in [0.4, 0.5) is 11.4 Å². The van der Waals surface area contributed by atoms with Crippen LogP contribution in [0.1, 0.15) is 26.7 Å². The lowest BCUT2D eigenvalue weighted by Crippen LogP contribution is -2.35. The van der Waals surface area contributed by atoms with Crippen LogP contribution in [-0.4, -0.2) is 42.1 Å². The molecule has 1 atom stereocenters. The average Bonchev–Trinajstić information content (AvgIpc) is 2.99. The molecule has 1 aliphatic heterocycles. The predicted molar refractivity (Wildman–Crippen MR) is 83.0 cm³/mol. The molecule has 0 amide bonds. The van der Waals surface area contributed by atoms with Crippen LogP contribution in [0.5, 0.6) is 5.75 Å². The van der Waals surface area contributed by atoms with Gasteiger partial charge in [0.1, 0.15) is 5.69 Å². The molecule has 1 unspecified atom stereocenters. The van der Waals surface area contributed by atoms with Crippen molar-refractivity contribution in [1.82, 2.24) is 4.90 Å². The molecule has 0 saturated carbocycles. The molecule has 116 valence electrons. The van der Waals surface area contributed by atoms with Gasteiger partial charge in [-0.2, -0.15) is 0 Å². The molecule has 1 saturated heterocycles. The number of likely N-dealkylation sites (tertiary alicyclic amines) is 1. The topological polar surface area (TPSA) is 67.6 Å². The molecule has 1 N–H and O–H groups in total. The van der Waals surface area contributed by atoms with Crippen molar-refractivity contribution in [2.45, 2.75) is 32.7 Å². The van der Waals surface area contributed by atoms with Gasteiger partial charge in [-0.05, 0) is 51.9 Å². The molecular weight excluding hydrogens is 270 g/mol. The summed E-state index contributed by atoms with van der Waals surface area (Å²) < 4.78 is 5.35. The molecule has 0 aliphatic carbocycles. The van der Waals surface area contributed by atoms with Crippen LogP contribution >= 0.6 is 0 Å². The number of hydrogen-bond donors (Lipinski definition) is 1. The second-order valence-electron chi connectivity index (χ2n) is 5.32. The quantitative estimate of drug-likeness (QED) is 0.618. The lowest BCUT2D eigenvalue weighted by atomic mass is 10.2. The van der Waals surface area contributed by atoms with E-state index < -0.39 is 0 Å². The summed E-state index contributed by atoms with van der Waals surface area (Å²) in [7, 11) is 0. The summed E-state index contributed by atoms with van der Waals surface area (Å²) in [5.41, 5.74) is 0.546. The Bertz CT molecular complexity index is 487. The van der Waals surface area contributed by atoms with Crippen molar-refractivity contribution in [3.05, 3.63) is 28.3 Å². The largest absolute Gasteiger partial charge is 0.487 e. The summed E-state index contributed by atoms with van der Waals surface area (Å²) in [4.78, 5) is 13.3. The molecule has 1 aliphatic rings. The molecule has 0 aromatic heterocycles. The van der Waals surface area contributed by atoms with Gasteiger partial charge in [0.25, 0.3) is 0 Å². The first-order valence-electron chi connectivity index (χ1n) is 7.51. The van der Waals surface area contributed by atoms with Crippen molar-refractivity contribution in [2.24, 2.45) is 0 Å². The Balaban J connectivity index is 2.08. The smallest absolute Gasteiger partial charge is 0.333 e. The molecule has 1 fully saturated rings. The lowest BCUT2D eigenvalue weighted by Gasteiger charge is -2.24. The van der Waals surface area contributed by atoms with E-state index in [4.69, 9.17) is 4.74 Å². The van der Waals surface area contributed by atoms with Crippen molar-refractivity contribution in [2.75, 3.05) is 31.6 Å². The van der Waals surface area contributed by atoms with Gasteiger partial charge in [0.05, 0.1) is 11.5 Å². The maximum atomic E-state index is 11.3. The SMILES string of the molecule is CCOc1cccc(NCC(C)N2CCCC2)c1[N+](=O)[O-]. The standard InChI is InChI=1S/C15H23N3O3/c1-3-21-14-8-6-7-13(15(14)18(19)20)16-11-12(2)17-9-4-5-10-17/h6-8,12,16H,3-5,9-11H2,1-2H3. The fraction of sp³-hybridized carbons (Fsp3) is 0.600. The van der Waals surface area contributed by atoms with E-state index in [2.05, 4.69) is 17.1 Å². The zero-order chi connectivity index (χ0) is 15.2.